The van der Waals surface area contributed by atoms with E-state index in [-0.39, 0.29) is 0 Å². The summed E-state index contributed by atoms with van der Waals surface area (Å²) in [4.78, 5) is 0. The van der Waals surface area contributed by atoms with Crippen LogP contribution in [0.5, 0.6) is 0 Å². The summed E-state index contributed by atoms with van der Waals surface area (Å²) < 4.78 is 1.80. The molecule has 3 rings (SSSR count). The summed E-state index contributed by atoms with van der Waals surface area (Å²) in [5, 5.41) is 16.5. The molecule has 2 aromatic carbocycles. The maximum absolute atomic E-state index is 6.28. The number of para-hydroxylation sites is 2. The van der Waals surface area contributed by atoms with E-state index in [0.29, 0.717) is 5.02 Å². The van der Waals surface area contributed by atoms with Gasteiger partial charge >= 0.3 is 0 Å². The summed E-state index contributed by atoms with van der Waals surface area (Å²) in [6, 6.07) is 13.8. The van der Waals surface area contributed by atoms with Crippen LogP contribution in [0.4, 0.5) is 5.69 Å². The fraction of sp³-hybridized carbons (Fsp3) is 0.278. The largest absolute Gasteiger partial charge is 0.372 e. The third-order valence-corrected chi connectivity index (χ3v) is 4.33. The van der Waals surface area contributed by atoms with Crippen LogP contribution in [0.25, 0.3) is 5.69 Å². The Bertz CT molecular complexity index is 849. The third-order valence-electron chi connectivity index (χ3n) is 4.00. The molecule has 0 aliphatic heterocycles. The molecule has 0 atom stereocenters. The molecule has 5 nitrogen and oxygen atoms in total. The van der Waals surface area contributed by atoms with Crippen LogP contribution in [-0.4, -0.2) is 20.2 Å². The molecule has 124 valence electrons. The summed E-state index contributed by atoms with van der Waals surface area (Å²) >= 11 is 6.28. The van der Waals surface area contributed by atoms with Gasteiger partial charge in [-0.2, -0.15) is 4.68 Å². The van der Waals surface area contributed by atoms with Gasteiger partial charge in [-0.1, -0.05) is 41.9 Å². The average molecular weight is 342 g/mol. The molecule has 0 saturated heterocycles. The van der Waals surface area contributed by atoms with Gasteiger partial charge in [0.25, 0.3) is 0 Å². The molecule has 1 aromatic heterocycles. The van der Waals surface area contributed by atoms with Gasteiger partial charge in [-0.3, -0.25) is 0 Å². The molecule has 0 aliphatic rings. The van der Waals surface area contributed by atoms with E-state index in [0.717, 1.165) is 28.3 Å². The second-order valence-corrected chi connectivity index (χ2v) is 6.79. The lowest BCUT2D eigenvalue weighted by molar-refractivity contribution is 0.541. The van der Waals surface area contributed by atoms with Crippen LogP contribution in [-0.2, 0) is 5.54 Å². The molecule has 0 bridgehead atoms. The summed E-state index contributed by atoms with van der Waals surface area (Å²) in [7, 11) is 0. The van der Waals surface area contributed by atoms with Crippen LogP contribution >= 0.6 is 11.6 Å². The molecule has 0 saturated carbocycles. The molecule has 0 amide bonds. The van der Waals surface area contributed by atoms with Gasteiger partial charge in [-0.25, -0.2) is 0 Å². The van der Waals surface area contributed by atoms with Gasteiger partial charge in [0.15, 0.2) is 5.82 Å². The van der Waals surface area contributed by atoms with E-state index < -0.39 is 5.54 Å². The van der Waals surface area contributed by atoms with Gasteiger partial charge < -0.3 is 5.32 Å². The van der Waals surface area contributed by atoms with Crippen LogP contribution in [0.15, 0.2) is 42.5 Å². The Morgan fingerprint density at radius 1 is 1.00 bits per heavy atom. The molecule has 0 spiro atoms. The molecule has 0 fully saturated rings. The number of benzene rings is 2. The summed E-state index contributed by atoms with van der Waals surface area (Å²) in [5.41, 5.74) is 3.59. The fourth-order valence-electron chi connectivity index (χ4n) is 2.82. The van der Waals surface area contributed by atoms with E-state index in [1.807, 2.05) is 44.2 Å². The van der Waals surface area contributed by atoms with E-state index in [4.69, 9.17) is 11.6 Å². The minimum atomic E-state index is -0.511. The first kappa shape index (κ1) is 16.5. The van der Waals surface area contributed by atoms with E-state index >= 15 is 0 Å². The van der Waals surface area contributed by atoms with Crippen LogP contribution < -0.4 is 5.32 Å². The van der Waals surface area contributed by atoms with Crippen molar-refractivity contribution in [3.05, 3.63) is 64.4 Å². The Balaban J connectivity index is 2.05. The zero-order chi connectivity index (χ0) is 17.3. The highest BCUT2D eigenvalue weighted by Gasteiger charge is 2.29. The Labute approximate surface area is 146 Å². The molecule has 24 heavy (non-hydrogen) atoms. The first-order valence-corrected chi connectivity index (χ1v) is 8.16. The van der Waals surface area contributed by atoms with Crippen molar-refractivity contribution in [2.45, 2.75) is 33.2 Å². The number of rotatable bonds is 4. The highest BCUT2D eigenvalue weighted by atomic mass is 35.5. The monoisotopic (exact) mass is 341 g/mol. The van der Waals surface area contributed by atoms with E-state index in [1.54, 1.807) is 4.68 Å². The number of hydrogen-bond acceptors (Lipinski definition) is 4. The van der Waals surface area contributed by atoms with Crippen molar-refractivity contribution in [2.75, 3.05) is 5.32 Å². The topological polar surface area (TPSA) is 55.6 Å². The number of nitrogens with zero attached hydrogens (tertiary/aromatic N) is 4. The van der Waals surface area contributed by atoms with Crippen molar-refractivity contribution in [3.8, 4) is 5.69 Å². The smallest absolute Gasteiger partial charge is 0.181 e. The number of tetrazole rings is 1. The molecule has 1 heterocycles. The lowest BCUT2D eigenvalue weighted by atomic mass is 10.0. The van der Waals surface area contributed by atoms with Gasteiger partial charge in [0.2, 0.25) is 0 Å². The Hall–Kier alpha value is -2.40. The lowest BCUT2D eigenvalue weighted by Crippen LogP contribution is -2.32. The highest BCUT2D eigenvalue weighted by molar-refractivity contribution is 6.33. The van der Waals surface area contributed by atoms with Crippen molar-refractivity contribution >= 4 is 17.3 Å². The lowest BCUT2D eigenvalue weighted by Gasteiger charge is -2.27. The minimum Gasteiger partial charge on any atom is -0.372 e. The Morgan fingerprint density at radius 3 is 2.33 bits per heavy atom. The predicted octanol–water partition coefficient (Wildman–Crippen LogP) is 4.28. The van der Waals surface area contributed by atoms with Crippen molar-refractivity contribution in [3.63, 3.8) is 0 Å². The Kier molecular flexibility index (Phi) is 4.28. The highest BCUT2D eigenvalue weighted by Crippen LogP contribution is 2.30. The molecule has 6 heteroatoms. The zero-order valence-electron chi connectivity index (χ0n) is 14.2. The number of nitrogens with one attached hydrogen (secondary N) is 1. The number of halogens is 1. The molecule has 0 radical (unpaired) electrons. The number of anilines is 1. The number of hydrogen-bond donors (Lipinski definition) is 1. The molecule has 3 aromatic rings. The van der Waals surface area contributed by atoms with Crippen LogP contribution in [0, 0.1) is 13.8 Å². The van der Waals surface area contributed by atoms with Gasteiger partial charge in [0.1, 0.15) is 0 Å². The first-order chi connectivity index (χ1) is 11.4. The van der Waals surface area contributed by atoms with Crippen molar-refractivity contribution in [2.24, 2.45) is 0 Å². The second-order valence-electron chi connectivity index (χ2n) is 6.38. The van der Waals surface area contributed by atoms with E-state index in [9.17, 15) is 0 Å². The maximum atomic E-state index is 6.28. The summed E-state index contributed by atoms with van der Waals surface area (Å²) in [5.74, 6) is 0.722. The predicted molar refractivity (Wildman–Crippen MR) is 96.7 cm³/mol. The second kappa shape index (κ2) is 6.24. The van der Waals surface area contributed by atoms with E-state index in [2.05, 4.69) is 46.8 Å². The van der Waals surface area contributed by atoms with Crippen LogP contribution in [0.2, 0.25) is 5.02 Å². The van der Waals surface area contributed by atoms with Crippen molar-refractivity contribution < 1.29 is 0 Å². The minimum absolute atomic E-state index is 0.511. The normalized spacial score (nSPS) is 11.5. The van der Waals surface area contributed by atoms with Gasteiger partial charge in [0.05, 0.1) is 21.9 Å². The van der Waals surface area contributed by atoms with E-state index in [1.165, 1.54) is 0 Å². The van der Waals surface area contributed by atoms with Gasteiger partial charge in [0, 0.05) is 0 Å². The molecule has 0 aliphatic carbocycles. The fourth-order valence-corrected chi connectivity index (χ4v) is 3.01. The number of aryl methyl sites for hydroxylation is 2. The van der Waals surface area contributed by atoms with Crippen LogP contribution in [0.3, 0.4) is 0 Å². The standard InChI is InChI=1S/C18H20ClN5/c1-12-8-7-9-13(2)16(12)24-17(21-22-23-24)18(3,4)20-15-11-6-5-10-14(15)19/h5-11,20H,1-4H3. The third kappa shape index (κ3) is 2.99. The maximum Gasteiger partial charge on any atom is 0.181 e. The quantitative estimate of drug-likeness (QED) is 0.769. The average Bonchev–Trinajstić information content (AvgIpc) is 2.99. The SMILES string of the molecule is Cc1cccc(C)c1-n1nnnc1C(C)(C)Nc1ccccc1Cl. The van der Waals surface area contributed by atoms with Gasteiger partial charge in [-0.15, -0.1) is 5.10 Å². The Morgan fingerprint density at radius 2 is 1.67 bits per heavy atom. The van der Waals surface area contributed by atoms with Crippen molar-refractivity contribution in [1.29, 1.82) is 0 Å². The molecule has 1 N–H and O–H groups in total. The number of aromatic nitrogens is 4. The van der Waals surface area contributed by atoms with Crippen LogP contribution in [0.1, 0.15) is 30.8 Å². The van der Waals surface area contributed by atoms with Crippen molar-refractivity contribution in [1.82, 2.24) is 20.2 Å². The summed E-state index contributed by atoms with van der Waals surface area (Å²) in [6.07, 6.45) is 0. The van der Waals surface area contributed by atoms with Gasteiger partial charge in [-0.05, 0) is 61.4 Å². The zero-order valence-corrected chi connectivity index (χ0v) is 15.0. The molecular formula is C18H20ClN5. The summed E-state index contributed by atoms with van der Waals surface area (Å²) in [6.45, 7) is 8.18. The first-order valence-electron chi connectivity index (χ1n) is 7.78. The molecular weight excluding hydrogens is 322 g/mol. The molecule has 0 unspecified atom stereocenters.